The number of carboxylic acid groups (broad SMARTS) is 1. The highest BCUT2D eigenvalue weighted by Gasteiger charge is 2.50. The maximum atomic E-state index is 11.8. The number of hydrogen-bond acceptors (Lipinski definition) is 4. The first-order valence-electron chi connectivity index (χ1n) is 9.09. The van der Waals surface area contributed by atoms with Gasteiger partial charge in [0.15, 0.2) is 0 Å². The molecule has 1 amide bonds. The van der Waals surface area contributed by atoms with Gasteiger partial charge in [-0.25, -0.2) is 0 Å². The summed E-state index contributed by atoms with van der Waals surface area (Å²) in [6, 6.07) is 5.87. The van der Waals surface area contributed by atoms with Gasteiger partial charge >= 0.3 is 14.4 Å². The van der Waals surface area contributed by atoms with Crippen molar-refractivity contribution < 1.29 is 24.4 Å². The molecule has 1 aliphatic carbocycles. The van der Waals surface area contributed by atoms with Crippen molar-refractivity contribution in [2.75, 3.05) is 0 Å². The minimum Gasteiger partial charge on any atom is -0.481 e. The van der Waals surface area contributed by atoms with Crippen LogP contribution in [-0.2, 0) is 31.4 Å². The molecule has 0 fully saturated rings. The number of rotatable bonds is 8. The van der Waals surface area contributed by atoms with Gasteiger partial charge in [-0.2, -0.15) is 0 Å². The van der Waals surface area contributed by atoms with E-state index in [1.165, 1.54) is 11.1 Å². The van der Waals surface area contributed by atoms with Crippen LogP contribution in [0.5, 0.6) is 0 Å². The number of fused-ring (bicyclic) bond motifs is 1. The molecule has 2 rings (SSSR count). The molecule has 0 aromatic heterocycles. The molecule has 0 spiro atoms. The molecule has 4 N–H and O–H groups in total. The fraction of sp³-hybridized carbons (Fsp3) is 0.600. The van der Waals surface area contributed by atoms with Crippen LogP contribution in [0, 0.1) is 5.92 Å². The second kappa shape index (κ2) is 7.33. The lowest BCUT2D eigenvalue weighted by Crippen LogP contribution is -2.40. The molecule has 3 unspecified atom stereocenters. The summed E-state index contributed by atoms with van der Waals surface area (Å²) >= 11 is 0. The molecule has 6 nitrogen and oxygen atoms in total. The number of aliphatic hydroxyl groups is 1. The third-order valence-electron chi connectivity index (χ3n) is 5.63. The normalized spacial score (nSPS) is 20.6. The van der Waals surface area contributed by atoms with Crippen LogP contribution in [0.3, 0.4) is 0 Å². The van der Waals surface area contributed by atoms with Gasteiger partial charge in [-0.1, -0.05) is 50.5 Å². The predicted molar refractivity (Wildman–Crippen MR) is 104 cm³/mol. The van der Waals surface area contributed by atoms with Crippen molar-refractivity contribution in [2.45, 2.75) is 69.6 Å². The van der Waals surface area contributed by atoms with Crippen molar-refractivity contribution in [3.63, 3.8) is 0 Å². The number of carbonyl (C=O) groups is 2. The monoisotopic (exact) mass is 394 g/mol. The van der Waals surface area contributed by atoms with Crippen LogP contribution in [0.25, 0.3) is 0 Å². The van der Waals surface area contributed by atoms with Gasteiger partial charge < -0.3 is 15.9 Å². The van der Waals surface area contributed by atoms with E-state index in [0.717, 1.165) is 12.0 Å². The molecular weight excluding hydrogens is 365 g/mol. The van der Waals surface area contributed by atoms with E-state index in [1.54, 1.807) is 0 Å². The van der Waals surface area contributed by atoms with Crippen molar-refractivity contribution in [1.82, 2.24) is 0 Å². The summed E-state index contributed by atoms with van der Waals surface area (Å²) < 4.78 is 11.8. The topological polar surface area (TPSA) is 118 Å². The average molecular weight is 394 g/mol. The number of nitrogens with two attached hydrogens (primary N) is 1. The summed E-state index contributed by atoms with van der Waals surface area (Å²) in [5.74, 6) is -3.28. The second-order valence-corrected chi connectivity index (χ2v) is 9.99. The third-order valence-corrected chi connectivity index (χ3v) is 6.51. The van der Waals surface area contributed by atoms with Gasteiger partial charge in [0.25, 0.3) is 5.34 Å². The summed E-state index contributed by atoms with van der Waals surface area (Å²) in [6.07, 6.45) is 0.590. The molecule has 27 heavy (non-hydrogen) atoms. The smallest absolute Gasteiger partial charge is 0.360 e. The van der Waals surface area contributed by atoms with Crippen molar-refractivity contribution >= 4 is 20.3 Å². The zero-order valence-electron chi connectivity index (χ0n) is 16.3. The molecule has 0 saturated heterocycles. The van der Waals surface area contributed by atoms with E-state index >= 15 is 0 Å². The van der Waals surface area contributed by atoms with Gasteiger partial charge in [0.2, 0.25) is 5.91 Å². The molecule has 0 aliphatic heterocycles. The Morgan fingerprint density at radius 1 is 1.22 bits per heavy atom. The summed E-state index contributed by atoms with van der Waals surface area (Å²) in [5, 5.41) is 18.4. The van der Waals surface area contributed by atoms with Crippen LogP contribution in [0.15, 0.2) is 18.2 Å². The van der Waals surface area contributed by atoms with Gasteiger partial charge in [-0.15, -0.1) is 0 Å². The molecule has 1 aliphatic rings. The summed E-state index contributed by atoms with van der Waals surface area (Å²) in [7, 11) is -1.24. The lowest BCUT2D eigenvalue weighted by Gasteiger charge is -2.23. The Kier molecular flexibility index (Phi) is 5.84. The summed E-state index contributed by atoms with van der Waals surface area (Å²) in [6.45, 7) is 8.72. The van der Waals surface area contributed by atoms with E-state index in [1.807, 2.05) is 18.2 Å². The molecular formula is C20H29NO5P+. The lowest BCUT2D eigenvalue weighted by molar-refractivity contribution is -0.147. The van der Waals surface area contributed by atoms with E-state index in [0.29, 0.717) is 0 Å². The fourth-order valence-corrected chi connectivity index (χ4v) is 5.23. The third kappa shape index (κ3) is 4.39. The van der Waals surface area contributed by atoms with Gasteiger partial charge in [-0.3, -0.25) is 9.59 Å². The molecule has 1 aromatic carbocycles. The molecule has 148 valence electrons. The molecule has 0 bridgehead atoms. The van der Waals surface area contributed by atoms with Gasteiger partial charge in [0.1, 0.15) is 5.92 Å². The fourth-order valence-electron chi connectivity index (χ4n) is 4.54. The Bertz CT molecular complexity index is 774. The van der Waals surface area contributed by atoms with Crippen LogP contribution >= 0.6 is 8.46 Å². The van der Waals surface area contributed by atoms with E-state index in [-0.39, 0.29) is 30.1 Å². The zero-order valence-corrected chi connectivity index (χ0v) is 17.3. The largest absolute Gasteiger partial charge is 0.481 e. The zero-order chi connectivity index (χ0) is 20.6. The number of carbonyl (C=O) groups excluding carboxylic acids is 1. The first-order valence-corrected chi connectivity index (χ1v) is 10.00. The molecule has 1 aromatic rings. The maximum absolute atomic E-state index is 11.8. The second-order valence-electron chi connectivity index (χ2n) is 8.92. The molecule has 0 radical (unpaired) electrons. The van der Waals surface area contributed by atoms with Gasteiger partial charge in [0.05, 0.1) is 0 Å². The number of benzene rings is 1. The molecule has 0 heterocycles. The Balaban J connectivity index is 2.37. The van der Waals surface area contributed by atoms with Gasteiger partial charge in [-0.05, 0) is 40.4 Å². The Labute approximate surface area is 161 Å². The maximum Gasteiger partial charge on any atom is 0.360 e. The number of amides is 1. The van der Waals surface area contributed by atoms with Crippen LogP contribution in [0.4, 0.5) is 0 Å². The summed E-state index contributed by atoms with van der Waals surface area (Å²) in [5.41, 5.74) is 8.26. The highest BCUT2D eigenvalue weighted by molar-refractivity contribution is 7.25. The minimum absolute atomic E-state index is 0.0368. The van der Waals surface area contributed by atoms with E-state index in [9.17, 15) is 24.4 Å². The van der Waals surface area contributed by atoms with Crippen LogP contribution in [-0.4, -0.2) is 27.4 Å². The minimum atomic E-state index is -1.95. The number of aliphatic carboxylic acids is 1. The van der Waals surface area contributed by atoms with Crippen LogP contribution in [0.2, 0.25) is 0 Å². The van der Waals surface area contributed by atoms with E-state index in [4.69, 9.17) is 5.73 Å². The van der Waals surface area contributed by atoms with Crippen LogP contribution < -0.4 is 5.73 Å². The van der Waals surface area contributed by atoms with Crippen molar-refractivity contribution in [3.8, 4) is 0 Å². The van der Waals surface area contributed by atoms with Crippen molar-refractivity contribution in [1.29, 1.82) is 0 Å². The number of carboxylic acids is 1. The van der Waals surface area contributed by atoms with Crippen LogP contribution in [0.1, 0.15) is 63.6 Å². The average Bonchev–Trinajstić information content (AvgIpc) is 2.71. The van der Waals surface area contributed by atoms with E-state index in [2.05, 4.69) is 27.7 Å². The highest BCUT2D eigenvalue weighted by atomic mass is 31.1. The van der Waals surface area contributed by atoms with E-state index < -0.39 is 31.6 Å². The number of hydrogen-bond donors (Lipinski definition) is 3. The molecule has 3 atom stereocenters. The predicted octanol–water partition coefficient (Wildman–Crippen LogP) is 2.87. The van der Waals surface area contributed by atoms with Crippen molar-refractivity contribution in [3.05, 3.63) is 34.9 Å². The standard InChI is InChI=1S/C20H28NO5P/c1-18(2)11-19(3,4)15-9-12(5-6-13(15)18)10-20(25,27-26)14(17(23)24)7-8-16(21)22/h5-6,9,14,25H,7-8,10-11H2,1-4H3,(H2,21,22)(H,23,24)/p+1. The highest BCUT2D eigenvalue weighted by Crippen LogP contribution is 2.49. The summed E-state index contributed by atoms with van der Waals surface area (Å²) in [4.78, 5) is 22.7. The quantitative estimate of drug-likeness (QED) is 0.586. The Hall–Kier alpha value is -1.78. The lowest BCUT2D eigenvalue weighted by atomic mass is 9.82. The molecule has 7 heteroatoms. The molecule has 0 saturated carbocycles. The van der Waals surface area contributed by atoms with Gasteiger partial charge in [0, 0.05) is 12.8 Å². The first-order chi connectivity index (χ1) is 12.3. The Morgan fingerprint density at radius 2 is 1.81 bits per heavy atom. The SMILES string of the molecule is CC1(C)CC(C)(C)c2cc(CC(O)([PH+]=O)C(CCC(N)=O)C(=O)O)ccc21. The Morgan fingerprint density at radius 3 is 2.33 bits per heavy atom. The number of primary amides is 1. The first kappa shape index (κ1) is 21.5. The van der Waals surface area contributed by atoms with Crippen molar-refractivity contribution in [2.24, 2.45) is 11.7 Å².